The molecule has 4 aromatic carbocycles. The van der Waals surface area contributed by atoms with E-state index < -0.39 is 4.92 Å². The molecular formula is C29H23N5O2S. The number of benzene rings is 4. The van der Waals surface area contributed by atoms with Gasteiger partial charge in [-0.1, -0.05) is 60.7 Å². The van der Waals surface area contributed by atoms with Crippen molar-refractivity contribution in [2.75, 3.05) is 17.4 Å². The number of hydrazone groups is 1. The molecule has 0 bridgehead atoms. The first-order valence-corrected chi connectivity index (χ1v) is 12.4. The van der Waals surface area contributed by atoms with Crippen LogP contribution in [0, 0.1) is 10.1 Å². The van der Waals surface area contributed by atoms with Gasteiger partial charge in [0, 0.05) is 30.3 Å². The number of nitrogens with zero attached hydrogens (tertiary/aromatic N) is 4. The van der Waals surface area contributed by atoms with Crippen LogP contribution in [0.25, 0.3) is 0 Å². The monoisotopic (exact) mass is 505 g/mol. The number of rotatable bonds is 7. The van der Waals surface area contributed by atoms with E-state index in [9.17, 15) is 10.1 Å². The molecule has 0 spiro atoms. The van der Waals surface area contributed by atoms with Crippen LogP contribution in [0.3, 0.4) is 0 Å². The van der Waals surface area contributed by atoms with Crippen LogP contribution in [0.15, 0.2) is 130 Å². The maximum atomic E-state index is 11.1. The topological polar surface area (TPSA) is 83.1 Å². The van der Waals surface area contributed by atoms with Crippen LogP contribution in [-0.4, -0.2) is 22.7 Å². The van der Waals surface area contributed by atoms with Gasteiger partial charge in [-0.3, -0.25) is 10.1 Å². The standard InChI is InChI=1S/C29H23N5O2S/c1-30-25-14-8-9-15-26(25)31-27(21-10-4-2-5-11-21)20-28-33(23-12-6-3-7-13-23)32-29(37-28)22-16-18-24(19-17-22)34(35)36/h2-20,30H,1H3/b28-20+,31-27?. The summed E-state index contributed by atoms with van der Waals surface area (Å²) in [7, 11) is 1.88. The minimum atomic E-state index is -0.402. The van der Waals surface area contributed by atoms with E-state index in [-0.39, 0.29) is 5.69 Å². The first-order chi connectivity index (χ1) is 18.1. The second-order valence-electron chi connectivity index (χ2n) is 8.07. The van der Waals surface area contributed by atoms with Crippen molar-refractivity contribution < 1.29 is 4.92 Å². The van der Waals surface area contributed by atoms with Gasteiger partial charge in [-0.05, 0) is 54.2 Å². The molecule has 0 saturated heterocycles. The summed E-state index contributed by atoms with van der Waals surface area (Å²) in [4.78, 5) is 15.7. The molecule has 0 saturated carbocycles. The maximum absolute atomic E-state index is 11.1. The van der Waals surface area contributed by atoms with E-state index in [1.165, 1.54) is 23.9 Å². The highest BCUT2D eigenvalue weighted by Gasteiger charge is 2.25. The van der Waals surface area contributed by atoms with Crippen LogP contribution in [0.5, 0.6) is 0 Å². The Bertz CT molecular complexity index is 1500. The van der Waals surface area contributed by atoms with E-state index in [0.29, 0.717) is 0 Å². The van der Waals surface area contributed by atoms with Crippen molar-refractivity contribution in [2.45, 2.75) is 0 Å². The van der Waals surface area contributed by atoms with Crippen molar-refractivity contribution in [1.29, 1.82) is 0 Å². The van der Waals surface area contributed by atoms with Gasteiger partial charge in [0.1, 0.15) is 10.1 Å². The summed E-state index contributed by atoms with van der Waals surface area (Å²) in [6.07, 6.45) is 2.03. The molecule has 1 N–H and O–H groups in total. The molecule has 0 aliphatic carbocycles. The molecule has 182 valence electrons. The lowest BCUT2D eigenvalue weighted by atomic mass is 10.1. The van der Waals surface area contributed by atoms with Crippen molar-refractivity contribution >= 4 is 45.3 Å². The quantitative estimate of drug-likeness (QED) is 0.163. The van der Waals surface area contributed by atoms with E-state index >= 15 is 0 Å². The SMILES string of the molecule is CNc1ccccc1N=C(/C=C1/SC(c2ccc([N+](=O)[O-])cc2)=NN1c1ccccc1)c1ccccc1. The molecule has 1 aliphatic heterocycles. The lowest BCUT2D eigenvalue weighted by Gasteiger charge is -2.16. The minimum Gasteiger partial charge on any atom is -0.386 e. The van der Waals surface area contributed by atoms with Crippen molar-refractivity contribution in [2.24, 2.45) is 10.1 Å². The van der Waals surface area contributed by atoms with Crippen LogP contribution in [-0.2, 0) is 0 Å². The lowest BCUT2D eigenvalue weighted by molar-refractivity contribution is -0.384. The number of nitrogens with one attached hydrogen (secondary N) is 1. The summed E-state index contributed by atoms with van der Waals surface area (Å²) in [5, 5.41) is 22.7. The molecule has 0 unspecified atom stereocenters. The number of thioether (sulfide) groups is 1. The van der Waals surface area contributed by atoms with Crippen LogP contribution < -0.4 is 10.3 Å². The van der Waals surface area contributed by atoms with E-state index in [1.807, 2.05) is 103 Å². The smallest absolute Gasteiger partial charge is 0.269 e. The Balaban J connectivity index is 1.60. The number of allylic oxidation sites excluding steroid dienone is 1. The van der Waals surface area contributed by atoms with Gasteiger partial charge in [0.2, 0.25) is 0 Å². The normalized spacial score (nSPS) is 14.5. The second-order valence-corrected chi connectivity index (χ2v) is 9.08. The molecule has 37 heavy (non-hydrogen) atoms. The maximum Gasteiger partial charge on any atom is 0.269 e. The van der Waals surface area contributed by atoms with Crippen molar-refractivity contribution in [3.05, 3.63) is 142 Å². The molecule has 1 aliphatic rings. The fraction of sp³-hybridized carbons (Fsp3) is 0.0345. The molecule has 8 heteroatoms. The Morgan fingerprint density at radius 2 is 1.57 bits per heavy atom. The lowest BCUT2D eigenvalue weighted by Crippen LogP contribution is -2.11. The largest absolute Gasteiger partial charge is 0.386 e. The van der Waals surface area contributed by atoms with Gasteiger partial charge in [-0.15, -0.1) is 0 Å². The molecular weight excluding hydrogens is 482 g/mol. The molecule has 0 aromatic heterocycles. The van der Waals surface area contributed by atoms with Gasteiger partial charge in [-0.2, -0.15) is 5.10 Å². The summed E-state index contributed by atoms with van der Waals surface area (Å²) < 4.78 is 0. The number of hydrogen-bond acceptors (Lipinski definition) is 7. The van der Waals surface area contributed by atoms with Crippen molar-refractivity contribution in [1.82, 2.24) is 0 Å². The van der Waals surface area contributed by atoms with E-state index in [2.05, 4.69) is 5.32 Å². The third kappa shape index (κ3) is 5.44. The zero-order chi connectivity index (χ0) is 25.6. The number of anilines is 2. The Labute approximate surface area is 219 Å². The van der Waals surface area contributed by atoms with Gasteiger partial charge >= 0.3 is 0 Å². The van der Waals surface area contributed by atoms with Crippen LogP contribution in [0.2, 0.25) is 0 Å². The number of aliphatic imine (C=N–C) groups is 1. The average Bonchev–Trinajstić information content (AvgIpc) is 3.38. The number of non-ortho nitro benzene ring substituents is 1. The minimum absolute atomic E-state index is 0.0460. The Morgan fingerprint density at radius 1 is 0.919 bits per heavy atom. The molecule has 7 nitrogen and oxygen atoms in total. The van der Waals surface area contributed by atoms with Gasteiger partial charge < -0.3 is 5.32 Å². The Kier molecular flexibility index (Phi) is 7.09. The number of nitro benzene ring substituents is 1. The molecule has 0 fully saturated rings. The molecule has 0 radical (unpaired) electrons. The highest BCUT2D eigenvalue weighted by Crippen LogP contribution is 2.38. The third-order valence-electron chi connectivity index (χ3n) is 5.67. The first kappa shape index (κ1) is 24.0. The van der Waals surface area contributed by atoms with Gasteiger partial charge in [0.05, 0.1) is 27.7 Å². The van der Waals surface area contributed by atoms with Gasteiger partial charge in [0.25, 0.3) is 5.69 Å². The molecule has 1 heterocycles. The highest BCUT2D eigenvalue weighted by atomic mass is 32.2. The fourth-order valence-corrected chi connectivity index (χ4v) is 4.79. The number of para-hydroxylation sites is 3. The van der Waals surface area contributed by atoms with Crippen molar-refractivity contribution in [3.8, 4) is 0 Å². The van der Waals surface area contributed by atoms with Crippen LogP contribution >= 0.6 is 11.8 Å². The van der Waals surface area contributed by atoms with Crippen LogP contribution in [0.1, 0.15) is 11.1 Å². The van der Waals surface area contributed by atoms with E-state index in [4.69, 9.17) is 10.1 Å². The number of hydrogen-bond donors (Lipinski definition) is 1. The van der Waals surface area contributed by atoms with Crippen molar-refractivity contribution in [3.63, 3.8) is 0 Å². The number of nitro groups is 1. The molecule has 0 atom stereocenters. The third-order valence-corrected chi connectivity index (χ3v) is 6.68. The summed E-state index contributed by atoms with van der Waals surface area (Å²) in [6, 6.07) is 34.2. The Hall–Kier alpha value is -4.69. The molecule has 5 rings (SSSR count). The molecule has 0 amide bonds. The predicted molar refractivity (Wildman–Crippen MR) is 153 cm³/mol. The second kappa shape index (κ2) is 10.9. The summed E-state index contributed by atoms with van der Waals surface area (Å²) in [5.74, 6) is 0. The fourth-order valence-electron chi connectivity index (χ4n) is 3.81. The zero-order valence-electron chi connectivity index (χ0n) is 20.0. The van der Waals surface area contributed by atoms with Gasteiger partial charge in [-0.25, -0.2) is 10.0 Å². The zero-order valence-corrected chi connectivity index (χ0v) is 20.8. The highest BCUT2D eigenvalue weighted by molar-refractivity contribution is 8.18. The summed E-state index contributed by atoms with van der Waals surface area (Å²) in [6.45, 7) is 0. The van der Waals surface area contributed by atoms with Gasteiger partial charge in [0.15, 0.2) is 0 Å². The average molecular weight is 506 g/mol. The summed E-state index contributed by atoms with van der Waals surface area (Å²) >= 11 is 1.50. The van der Waals surface area contributed by atoms with E-state index in [1.54, 1.807) is 12.1 Å². The molecule has 4 aromatic rings. The predicted octanol–water partition coefficient (Wildman–Crippen LogP) is 7.21. The Morgan fingerprint density at radius 3 is 2.24 bits per heavy atom. The summed E-state index contributed by atoms with van der Waals surface area (Å²) in [5.41, 5.74) is 5.26. The van der Waals surface area contributed by atoms with E-state index in [0.717, 1.165) is 44.0 Å². The van der Waals surface area contributed by atoms with Crippen LogP contribution in [0.4, 0.5) is 22.7 Å². The first-order valence-electron chi connectivity index (χ1n) is 11.6.